The number of piperidine rings is 1. The Morgan fingerprint density at radius 2 is 2.03 bits per heavy atom. The molecule has 31 heavy (non-hydrogen) atoms. The number of rotatable bonds is 5. The van der Waals surface area contributed by atoms with Gasteiger partial charge in [-0.3, -0.25) is 0 Å². The highest BCUT2D eigenvalue weighted by Gasteiger charge is 2.25. The van der Waals surface area contributed by atoms with Gasteiger partial charge in [-0.2, -0.15) is 0 Å². The van der Waals surface area contributed by atoms with E-state index >= 15 is 0 Å². The molecule has 2 atom stereocenters. The highest BCUT2D eigenvalue weighted by atomic mass is 16.3. The largest absolute Gasteiger partial charge is 0.393 e. The minimum absolute atomic E-state index is 0.218. The highest BCUT2D eigenvalue weighted by molar-refractivity contribution is 5.96. The third kappa shape index (κ3) is 3.97. The van der Waals surface area contributed by atoms with Crippen LogP contribution in [0.25, 0.3) is 22.2 Å². The summed E-state index contributed by atoms with van der Waals surface area (Å²) in [5, 5.41) is 16.9. The number of nitrogen functional groups attached to an aromatic ring is 1. The predicted molar refractivity (Wildman–Crippen MR) is 123 cm³/mol. The number of nitrogens with one attached hydrogen (secondary N) is 2. The Morgan fingerprint density at radius 3 is 2.77 bits per heavy atom. The van der Waals surface area contributed by atoms with E-state index in [9.17, 15) is 5.11 Å². The van der Waals surface area contributed by atoms with Crippen LogP contribution in [0.2, 0.25) is 0 Å². The molecule has 5 rings (SSSR count). The molecule has 1 saturated heterocycles. The molecule has 1 saturated carbocycles. The molecular formula is C23H31N7O. The lowest BCUT2D eigenvalue weighted by Crippen LogP contribution is -2.28. The Bertz CT molecular complexity index is 1070. The van der Waals surface area contributed by atoms with Crippen LogP contribution in [-0.4, -0.2) is 49.9 Å². The number of nitrogens with two attached hydrogens (primary N) is 1. The SMILES string of the molecule is CCc1nc2c(N)ncc(-c3ccn(C4CCNCC4)c3)c2nc1N[C@@H]1CC[C@H](O)C1. The topological polar surface area (TPSA) is 114 Å². The molecule has 4 heterocycles. The van der Waals surface area contributed by atoms with Crippen LogP contribution in [0.15, 0.2) is 24.7 Å². The first-order chi connectivity index (χ1) is 15.1. The molecule has 8 nitrogen and oxygen atoms in total. The zero-order valence-electron chi connectivity index (χ0n) is 18.0. The van der Waals surface area contributed by atoms with Crippen molar-refractivity contribution < 1.29 is 5.11 Å². The van der Waals surface area contributed by atoms with Crippen molar-refractivity contribution in [1.29, 1.82) is 0 Å². The smallest absolute Gasteiger partial charge is 0.151 e. The first kappa shape index (κ1) is 20.2. The van der Waals surface area contributed by atoms with Crippen LogP contribution >= 0.6 is 0 Å². The molecule has 5 N–H and O–H groups in total. The summed E-state index contributed by atoms with van der Waals surface area (Å²) in [6, 6.07) is 2.87. The molecule has 1 aliphatic heterocycles. The van der Waals surface area contributed by atoms with E-state index in [2.05, 4.69) is 45.6 Å². The lowest BCUT2D eigenvalue weighted by atomic mass is 10.1. The molecule has 3 aromatic heterocycles. The number of aliphatic hydroxyl groups excluding tert-OH is 1. The number of anilines is 2. The fourth-order valence-electron chi connectivity index (χ4n) is 4.85. The second-order valence-electron chi connectivity index (χ2n) is 8.76. The summed E-state index contributed by atoms with van der Waals surface area (Å²) in [6.45, 7) is 4.18. The lowest BCUT2D eigenvalue weighted by molar-refractivity contribution is 0.182. The van der Waals surface area contributed by atoms with Crippen LogP contribution in [0, 0.1) is 0 Å². The van der Waals surface area contributed by atoms with E-state index in [4.69, 9.17) is 15.7 Å². The minimum atomic E-state index is -0.235. The van der Waals surface area contributed by atoms with Gasteiger partial charge in [0.05, 0.1) is 11.8 Å². The van der Waals surface area contributed by atoms with Crippen molar-refractivity contribution in [1.82, 2.24) is 24.8 Å². The zero-order chi connectivity index (χ0) is 21.4. The Hall–Kier alpha value is -2.71. The first-order valence-corrected chi connectivity index (χ1v) is 11.4. The average molecular weight is 422 g/mol. The molecule has 0 radical (unpaired) electrons. The van der Waals surface area contributed by atoms with Gasteiger partial charge in [0.15, 0.2) is 5.82 Å². The van der Waals surface area contributed by atoms with Crippen LogP contribution < -0.4 is 16.4 Å². The van der Waals surface area contributed by atoms with E-state index in [0.717, 1.165) is 79.8 Å². The normalized spacial score (nSPS) is 22.3. The van der Waals surface area contributed by atoms with Gasteiger partial charge in [-0.05, 0) is 57.7 Å². The summed E-state index contributed by atoms with van der Waals surface area (Å²) < 4.78 is 2.31. The van der Waals surface area contributed by atoms with Crippen molar-refractivity contribution in [2.75, 3.05) is 24.1 Å². The summed E-state index contributed by atoms with van der Waals surface area (Å²) in [4.78, 5) is 14.3. The number of aliphatic hydroxyl groups is 1. The number of hydrogen-bond donors (Lipinski definition) is 4. The summed E-state index contributed by atoms with van der Waals surface area (Å²) >= 11 is 0. The van der Waals surface area contributed by atoms with Crippen LogP contribution in [0.3, 0.4) is 0 Å². The van der Waals surface area contributed by atoms with Gasteiger partial charge < -0.3 is 26.0 Å². The molecule has 0 aromatic carbocycles. The Kier molecular flexibility index (Phi) is 5.50. The zero-order valence-corrected chi connectivity index (χ0v) is 18.0. The number of fused-ring (bicyclic) bond motifs is 1. The Morgan fingerprint density at radius 1 is 1.19 bits per heavy atom. The summed E-state index contributed by atoms with van der Waals surface area (Å²) in [5.41, 5.74) is 10.5. The van der Waals surface area contributed by atoms with Crippen molar-refractivity contribution >= 4 is 22.7 Å². The van der Waals surface area contributed by atoms with E-state index in [0.29, 0.717) is 17.4 Å². The fourth-order valence-corrected chi connectivity index (χ4v) is 4.85. The van der Waals surface area contributed by atoms with Crippen molar-refractivity contribution in [3.63, 3.8) is 0 Å². The second kappa shape index (κ2) is 8.43. The molecule has 0 unspecified atom stereocenters. The molecular weight excluding hydrogens is 390 g/mol. The maximum atomic E-state index is 9.91. The molecule has 8 heteroatoms. The summed E-state index contributed by atoms with van der Waals surface area (Å²) in [5.74, 6) is 1.19. The third-order valence-corrected chi connectivity index (χ3v) is 6.63. The number of hydrogen-bond acceptors (Lipinski definition) is 7. The van der Waals surface area contributed by atoms with Crippen molar-refractivity contribution in [2.45, 2.75) is 63.6 Å². The molecule has 0 bridgehead atoms. The third-order valence-electron chi connectivity index (χ3n) is 6.63. The fraction of sp³-hybridized carbons (Fsp3) is 0.522. The standard InChI is InChI=1S/C23H31N7O/c1-2-19-23(27-15-3-4-17(31)11-15)29-20-18(12-26-22(24)21(20)28-19)14-7-10-30(13-14)16-5-8-25-9-6-16/h7,10,12-13,15-17,25,31H,2-6,8-9,11H2,1H3,(H2,24,26)(H,27,29)/t15-,17+/m1/s1. The quantitative estimate of drug-likeness (QED) is 0.501. The van der Waals surface area contributed by atoms with Gasteiger partial charge in [0.2, 0.25) is 0 Å². The summed E-state index contributed by atoms with van der Waals surface area (Å²) in [6.07, 6.45) is 11.4. The number of aromatic nitrogens is 4. The van der Waals surface area contributed by atoms with Gasteiger partial charge in [-0.1, -0.05) is 6.92 Å². The summed E-state index contributed by atoms with van der Waals surface area (Å²) in [7, 11) is 0. The number of pyridine rings is 1. The van der Waals surface area contributed by atoms with Crippen LogP contribution in [0.1, 0.15) is 50.8 Å². The van der Waals surface area contributed by atoms with E-state index in [1.165, 1.54) is 0 Å². The number of aryl methyl sites for hydroxylation is 1. The first-order valence-electron chi connectivity index (χ1n) is 11.4. The van der Waals surface area contributed by atoms with E-state index in [1.54, 1.807) is 0 Å². The van der Waals surface area contributed by atoms with Gasteiger partial charge >= 0.3 is 0 Å². The molecule has 0 amide bonds. The highest BCUT2D eigenvalue weighted by Crippen LogP contribution is 2.33. The monoisotopic (exact) mass is 421 g/mol. The molecule has 2 aliphatic rings. The minimum Gasteiger partial charge on any atom is -0.393 e. The lowest BCUT2D eigenvalue weighted by Gasteiger charge is -2.24. The Labute approximate surface area is 182 Å². The van der Waals surface area contributed by atoms with E-state index in [1.807, 2.05) is 6.20 Å². The predicted octanol–water partition coefficient (Wildman–Crippen LogP) is 2.89. The van der Waals surface area contributed by atoms with Crippen LogP contribution in [0.4, 0.5) is 11.6 Å². The van der Waals surface area contributed by atoms with Gasteiger partial charge in [-0.15, -0.1) is 0 Å². The Balaban J connectivity index is 1.54. The van der Waals surface area contributed by atoms with E-state index in [-0.39, 0.29) is 12.1 Å². The van der Waals surface area contributed by atoms with Gasteiger partial charge in [0.25, 0.3) is 0 Å². The molecule has 164 valence electrons. The van der Waals surface area contributed by atoms with E-state index < -0.39 is 0 Å². The van der Waals surface area contributed by atoms with Crippen molar-refractivity contribution in [2.24, 2.45) is 0 Å². The molecule has 2 fully saturated rings. The van der Waals surface area contributed by atoms with Crippen LogP contribution in [0.5, 0.6) is 0 Å². The average Bonchev–Trinajstić information content (AvgIpc) is 3.44. The van der Waals surface area contributed by atoms with Crippen LogP contribution in [-0.2, 0) is 6.42 Å². The molecule has 1 aliphatic carbocycles. The number of nitrogens with zero attached hydrogens (tertiary/aromatic N) is 4. The van der Waals surface area contributed by atoms with Gasteiger partial charge in [0.1, 0.15) is 16.9 Å². The second-order valence-corrected chi connectivity index (χ2v) is 8.76. The maximum absolute atomic E-state index is 9.91. The molecule has 0 spiro atoms. The van der Waals surface area contributed by atoms with Gasteiger partial charge in [0, 0.05) is 41.8 Å². The maximum Gasteiger partial charge on any atom is 0.151 e. The van der Waals surface area contributed by atoms with Gasteiger partial charge in [-0.25, -0.2) is 15.0 Å². The molecule has 3 aromatic rings. The van der Waals surface area contributed by atoms with Crippen molar-refractivity contribution in [3.05, 3.63) is 30.4 Å². The van der Waals surface area contributed by atoms with Crippen molar-refractivity contribution in [3.8, 4) is 11.1 Å².